The van der Waals surface area contributed by atoms with Gasteiger partial charge in [0.1, 0.15) is 0 Å². The molecular formula is C31H38F4O2. The molecule has 0 N–H and O–H groups in total. The Kier molecular flexibility index (Phi) is 9.83. The second-order valence-corrected chi connectivity index (χ2v) is 10.6. The predicted molar refractivity (Wildman–Crippen MR) is 139 cm³/mol. The van der Waals surface area contributed by atoms with Crippen LogP contribution in [0.3, 0.4) is 0 Å². The van der Waals surface area contributed by atoms with Crippen molar-refractivity contribution < 1.29 is 27.0 Å². The summed E-state index contributed by atoms with van der Waals surface area (Å²) in [5.41, 5.74) is -0.0575. The first kappa shape index (κ1) is 27.8. The van der Waals surface area contributed by atoms with Crippen LogP contribution in [0, 0.1) is 29.2 Å². The van der Waals surface area contributed by atoms with Crippen molar-refractivity contribution in [2.75, 3.05) is 13.2 Å². The summed E-state index contributed by atoms with van der Waals surface area (Å²) in [4.78, 5) is 0. The molecule has 4 unspecified atom stereocenters. The average Bonchev–Trinajstić information content (AvgIpc) is 2.91. The predicted octanol–water partition coefficient (Wildman–Crippen LogP) is 8.67. The minimum absolute atomic E-state index is 0.161. The second-order valence-electron chi connectivity index (χ2n) is 10.6. The van der Waals surface area contributed by atoms with Crippen molar-refractivity contribution >= 4 is 0 Å². The van der Waals surface area contributed by atoms with E-state index >= 15 is 13.2 Å². The van der Waals surface area contributed by atoms with Crippen LogP contribution in [0.15, 0.2) is 36.9 Å². The average molecular weight is 519 g/mol. The third kappa shape index (κ3) is 6.64. The van der Waals surface area contributed by atoms with Crippen LogP contribution in [0.4, 0.5) is 17.6 Å². The number of halogens is 4. The summed E-state index contributed by atoms with van der Waals surface area (Å²) in [6.45, 7) is 6.78. The van der Waals surface area contributed by atoms with Gasteiger partial charge in [0.2, 0.25) is 0 Å². The van der Waals surface area contributed by atoms with Crippen LogP contribution in [0.1, 0.15) is 81.8 Å². The van der Waals surface area contributed by atoms with E-state index in [0.717, 1.165) is 44.9 Å². The standard InChI is InChI=1S/C31H38F4O2/c1-3-5-7-24-13-9-20(18-36-24)8-10-21-12-15-26(30(34)28(21)32)27-17-16-25(29(33)31(27)35)22-11-14-23(6-4-2)37-19-22/h3,12,15-17,20,22-24H,1,4-11,13-14,18-19H2,2H3. The lowest BCUT2D eigenvalue weighted by Crippen LogP contribution is -2.26. The summed E-state index contributed by atoms with van der Waals surface area (Å²) in [5, 5.41) is 0. The molecule has 0 radical (unpaired) electrons. The minimum Gasteiger partial charge on any atom is -0.378 e. The molecule has 0 saturated carbocycles. The van der Waals surface area contributed by atoms with E-state index in [1.54, 1.807) is 0 Å². The fraction of sp³-hybridized carbons (Fsp3) is 0.548. The summed E-state index contributed by atoms with van der Waals surface area (Å²) in [6.07, 6.45) is 10.7. The van der Waals surface area contributed by atoms with Crippen LogP contribution < -0.4 is 0 Å². The van der Waals surface area contributed by atoms with Gasteiger partial charge in [-0.25, -0.2) is 17.6 Å². The van der Waals surface area contributed by atoms with Crippen molar-refractivity contribution in [3.05, 3.63) is 71.3 Å². The number of hydrogen-bond acceptors (Lipinski definition) is 2. The molecule has 2 fully saturated rings. The van der Waals surface area contributed by atoms with Crippen molar-refractivity contribution in [2.24, 2.45) is 5.92 Å². The van der Waals surface area contributed by atoms with E-state index in [2.05, 4.69) is 13.5 Å². The number of rotatable bonds is 10. The van der Waals surface area contributed by atoms with Gasteiger partial charge in [0, 0.05) is 23.7 Å². The van der Waals surface area contributed by atoms with Gasteiger partial charge in [-0.2, -0.15) is 0 Å². The van der Waals surface area contributed by atoms with Crippen LogP contribution in [-0.2, 0) is 15.9 Å². The lowest BCUT2D eigenvalue weighted by Gasteiger charge is -2.29. The molecule has 2 aliphatic rings. The lowest BCUT2D eigenvalue weighted by molar-refractivity contribution is -0.0210. The van der Waals surface area contributed by atoms with Gasteiger partial charge in [-0.15, -0.1) is 6.58 Å². The van der Waals surface area contributed by atoms with Crippen molar-refractivity contribution in [1.29, 1.82) is 0 Å². The number of ether oxygens (including phenoxy) is 2. The van der Waals surface area contributed by atoms with Gasteiger partial charge in [0.05, 0.1) is 18.8 Å². The quantitative estimate of drug-likeness (QED) is 0.231. The second kappa shape index (κ2) is 13.1. The Labute approximate surface area is 218 Å². The zero-order chi connectivity index (χ0) is 26.4. The Morgan fingerprint density at radius 2 is 1.46 bits per heavy atom. The Hall–Kier alpha value is -2.18. The van der Waals surface area contributed by atoms with Gasteiger partial charge in [-0.3, -0.25) is 0 Å². The molecule has 4 rings (SSSR count). The van der Waals surface area contributed by atoms with Crippen LogP contribution in [0.5, 0.6) is 0 Å². The summed E-state index contributed by atoms with van der Waals surface area (Å²) >= 11 is 0. The molecule has 0 bridgehead atoms. The Bertz CT molecular complexity index is 1050. The maximum absolute atomic E-state index is 15.1. The SMILES string of the molecule is C=CCCC1CCC(CCc2ccc(-c3ccc(C4CCC(CCC)OC4)c(F)c3F)c(F)c2F)CO1. The smallest absolute Gasteiger partial charge is 0.167 e. The van der Waals surface area contributed by atoms with Gasteiger partial charge < -0.3 is 9.47 Å². The fourth-order valence-electron chi connectivity index (χ4n) is 5.66. The van der Waals surface area contributed by atoms with Gasteiger partial charge >= 0.3 is 0 Å². The molecule has 0 aromatic heterocycles. The molecule has 0 aliphatic carbocycles. The van der Waals surface area contributed by atoms with E-state index in [4.69, 9.17) is 9.47 Å². The lowest BCUT2D eigenvalue weighted by atomic mass is 9.88. The number of aryl methyl sites for hydroxylation is 1. The van der Waals surface area contributed by atoms with Gasteiger partial charge in [0.25, 0.3) is 0 Å². The molecule has 37 heavy (non-hydrogen) atoms. The maximum atomic E-state index is 15.1. The Balaban J connectivity index is 1.41. The summed E-state index contributed by atoms with van der Waals surface area (Å²) in [7, 11) is 0. The highest BCUT2D eigenvalue weighted by molar-refractivity contribution is 5.66. The third-order valence-corrected chi connectivity index (χ3v) is 7.96. The molecule has 202 valence electrons. The first-order valence-electron chi connectivity index (χ1n) is 13.7. The van der Waals surface area contributed by atoms with E-state index in [1.165, 1.54) is 24.3 Å². The number of hydrogen-bond donors (Lipinski definition) is 0. The minimum atomic E-state index is -1.15. The topological polar surface area (TPSA) is 18.5 Å². The van der Waals surface area contributed by atoms with Crippen molar-refractivity contribution in [2.45, 2.75) is 89.3 Å². The van der Waals surface area contributed by atoms with Crippen LogP contribution >= 0.6 is 0 Å². The van der Waals surface area contributed by atoms with Crippen molar-refractivity contribution in [1.82, 2.24) is 0 Å². The summed E-state index contributed by atoms with van der Waals surface area (Å²) < 4.78 is 71.9. The molecule has 2 aliphatic heterocycles. The van der Waals surface area contributed by atoms with E-state index in [-0.39, 0.29) is 40.4 Å². The zero-order valence-electron chi connectivity index (χ0n) is 21.7. The first-order valence-corrected chi connectivity index (χ1v) is 13.7. The molecule has 0 spiro atoms. The summed E-state index contributed by atoms with van der Waals surface area (Å²) in [6, 6.07) is 5.68. The Morgan fingerprint density at radius 1 is 0.784 bits per heavy atom. The van der Waals surface area contributed by atoms with E-state index in [9.17, 15) is 4.39 Å². The van der Waals surface area contributed by atoms with Gasteiger partial charge in [-0.05, 0) is 74.8 Å². The van der Waals surface area contributed by atoms with Crippen LogP contribution in [0.25, 0.3) is 11.1 Å². The highest BCUT2D eigenvalue weighted by Gasteiger charge is 2.28. The molecular weight excluding hydrogens is 480 g/mol. The summed E-state index contributed by atoms with van der Waals surface area (Å²) in [5.74, 6) is -4.25. The van der Waals surface area contributed by atoms with Crippen molar-refractivity contribution in [3.8, 4) is 11.1 Å². The molecule has 0 amide bonds. The van der Waals surface area contributed by atoms with Crippen LogP contribution in [-0.4, -0.2) is 25.4 Å². The van der Waals surface area contributed by atoms with Crippen LogP contribution in [0.2, 0.25) is 0 Å². The third-order valence-electron chi connectivity index (χ3n) is 7.96. The first-order chi connectivity index (χ1) is 17.9. The number of benzene rings is 2. The molecule has 4 atom stereocenters. The van der Waals surface area contributed by atoms with E-state index in [1.807, 2.05) is 6.08 Å². The zero-order valence-corrected chi connectivity index (χ0v) is 21.7. The normalized spacial score (nSPS) is 24.2. The Morgan fingerprint density at radius 3 is 2.11 bits per heavy atom. The molecule has 6 heteroatoms. The van der Waals surface area contributed by atoms with Gasteiger partial charge in [0.15, 0.2) is 23.3 Å². The molecule has 2 nitrogen and oxygen atoms in total. The largest absolute Gasteiger partial charge is 0.378 e. The maximum Gasteiger partial charge on any atom is 0.167 e. The monoisotopic (exact) mass is 518 g/mol. The fourth-order valence-corrected chi connectivity index (χ4v) is 5.66. The van der Waals surface area contributed by atoms with Gasteiger partial charge in [-0.1, -0.05) is 43.7 Å². The molecule has 2 saturated heterocycles. The van der Waals surface area contributed by atoms with E-state index < -0.39 is 23.3 Å². The molecule has 2 aromatic rings. The van der Waals surface area contributed by atoms with Crippen molar-refractivity contribution in [3.63, 3.8) is 0 Å². The highest BCUT2D eigenvalue weighted by atomic mass is 19.2. The molecule has 2 aromatic carbocycles. The molecule has 2 heterocycles. The highest BCUT2D eigenvalue weighted by Crippen LogP contribution is 2.36. The number of allylic oxidation sites excluding steroid dienone is 1. The van der Waals surface area contributed by atoms with E-state index in [0.29, 0.717) is 38.4 Å².